The predicted octanol–water partition coefficient (Wildman–Crippen LogP) is 7.65. The van der Waals surface area contributed by atoms with Gasteiger partial charge in [0.2, 0.25) is 5.91 Å². The number of aromatic nitrogens is 3. The normalized spacial score (nSPS) is 15.8. The van der Waals surface area contributed by atoms with Crippen LogP contribution in [0.4, 0.5) is 0 Å². The Morgan fingerprint density at radius 1 is 0.902 bits per heavy atom. The van der Waals surface area contributed by atoms with Crippen molar-refractivity contribution in [3.63, 3.8) is 0 Å². The molecule has 266 valence electrons. The lowest BCUT2D eigenvalue weighted by Gasteiger charge is -2.32. The number of pyridine rings is 2. The van der Waals surface area contributed by atoms with E-state index in [-0.39, 0.29) is 5.91 Å². The summed E-state index contributed by atoms with van der Waals surface area (Å²) in [6.45, 7) is 6.28. The Kier molecular flexibility index (Phi) is 10.9. The zero-order valence-electron chi connectivity index (χ0n) is 29.3. The molecule has 51 heavy (non-hydrogen) atoms. The number of fused-ring (bicyclic) bond motifs is 1. The molecule has 0 unspecified atom stereocenters. The Morgan fingerprint density at radius 2 is 1.61 bits per heavy atom. The number of ether oxygens (including phenoxy) is 2. The number of carbonyl (C=O) groups is 1. The van der Waals surface area contributed by atoms with E-state index in [0.29, 0.717) is 34.4 Å². The minimum absolute atomic E-state index is 0.141. The average Bonchev–Trinajstić information content (AvgIpc) is 3.48. The first-order valence-electron chi connectivity index (χ1n) is 17.7. The van der Waals surface area contributed by atoms with Crippen molar-refractivity contribution in [3.8, 4) is 39.4 Å². The van der Waals surface area contributed by atoms with E-state index in [2.05, 4.69) is 38.5 Å². The number of aryl methyl sites for hydroxylation is 1. The fraction of sp³-hybridized carbons (Fsp3) is 0.375. The number of piperidine rings is 1. The third-order valence-electron chi connectivity index (χ3n) is 10.2. The molecule has 9 nitrogen and oxygen atoms in total. The van der Waals surface area contributed by atoms with Crippen LogP contribution in [-0.2, 0) is 29.7 Å². The fourth-order valence-electron chi connectivity index (χ4n) is 7.26. The van der Waals surface area contributed by atoms with Gasteiger partial charge < -0.3 is 29.6 Å². The number of nitrogens with zero attached hydrogens (tertiary/aromatic N) is 4. The van der Waals surface area contributed by atoms with Gasteiger partial charge in [-0.25, -0.2) is 4.98 Å². The Bertz CT molecular complexity index is 2030. The van der Waals surface area contributed by atoms with Crippen molar-refractivity contribution < 1.29 is 14.3 Å². The van der Waals surface area contributed by atoms with Gasteiger partial charge in [-0.05, 0) is 55.5 Å². The van der Waals surface area contributed by atoms with Gasteiger partial charge in [0.25, 0.3) is 0 Å². The van der Waals surface area contributed by atoms with E-state index >= 15 is 0 Å². The number of methoxy groups -OCH3 is 1. The summed E-state index contributed by atoms with van der Waals surface area (Å²) in [5, 5.41) is 9.55. The van der Waals surface area contributed by atoms with Crippen LogP contribution in [0, 0.1) is 0 Å². The molecule has 7 rings (SSSR count). The van der Waals surface area contributed by atoms with Gasteiger partial charge in [0, 0.05) is 111 Å². The number of benzene rings is 2. The van der Waals surface area contributed by atoms with E-state index in [1.807, 2.05) is 54.4 Å². The second-order valence-electron chi connectivity index (χ2n) is 13.5. The molecular formula is C40H44Cl2N6O3. The highest BCUT2D eigenvalue weighted by Crippen LogP contribution is 2.42. The lowest BCUT2D eigenvalue weighted by molar-refractivity contribution is -0.129. The molecule has 3 aromatic heterocycles. The lowest BCUT2D eigenvalue weighted by atomic mass is 9.99. The van der Waals surface area contributed by atoms with Crippen LogP contribution in [-0.4, -0.2) is 70.8 Å². The lowest BCUT2D eigenvalue weighted by Crippen LogP contribution is -2.43. The van der Waals surface area contributed by atoms with Crippen LogP contribution in [0.3, 0.4) is 0 Å². The second-order valence-corrected chi connectivity index (χ2v) is 14.2. The van der Waals surface area contributed by atoms with Crippen LogP contribution in [0.2, 0.25) is 10.0 Å². The molecule has 2 N–H and O–H groups in total. The molecule has 0 bridgehead atoms. The number of hydrogen-bond donors (Lipinski definition) is 2. The maximum Gasteiger partial charge on any atom is 0.219 e. The molecule has 0 saturated carbocycles. The quantitative estimate of drug-likeness (QED) is 0.153. The van der Waals surface area contributed by atoms with Gasteiger partial charge in [-0.2, -0.15) is 0 Å². The first kappa shape index (κ1) is 35.4. The van der Waals surface area contributed by atoms with Gasteiger partial charge in [-0.15, -0.1) is 0 Å². The zero-order valence-corrected chi connectivity index (χ0v) is 30.9. The summed E-state index contributed by atoms with van der Waals surface area (Å²) in [6, 6.07) is 18.9. The summed E-state index contributed by atoms with van der Waals surface area (Å²) in [6.07, 6.45) is 7.86. The van der Waals surface area contributed by atoms with E-state index in [9.17, 15) is 4.79 Å². The summed E-state index contributed by atoms with van der Waals surface area (Å²) >= 11 is 14.3. The van der Waals surface area contributed by atoms with Gasteiger partial charge in [0.05, 0.1) is 28.5 Å². The first-order valence-corrected chi connectivity index (χ1v) is 18.4. The number of carbonyl (C=O) groups excluding carboxylic acids is 1. The number of nitrogens with one attached hydrogen (secondary N) is 2. The van der Waals surface area contributed by atoms with Gasteiger partial charge in [0.15, 0.2) is 0 Å². The molecular weight excluding hydrogens is 683 g/mol. The van der Waals surface area contributed by atoms with Gasteiger partial charge in [0.1, 0.15) is 11.4 Å². The van der Waals surface area contributed by atoms with E-state index < -0.39 is 0 Å². The Labute approximate surface area is 309 Å². The van der Waals surface area contributed by atoms with Crippen LogP contribution in [0.5, 0.6) is 5.75 Å². The van der Waals surface area contributed by atoms with Crippen molar-refractivity contribution in [2.75, 3.05) is 33.4 Å². The maximum absolute atomic E-state index is 11.7. The summed E-state index contributed by atoms with van der Waals surface area (Å²) < 4.78 is 13.4. The molecule has 0 radical (unpaired) electrons. The van der Waals surface area contributed by atoms with Crippen molar-refractivity contribution in [3.05, 3.63) is 88.2 Å². The van der Waals surface area contributed by atoms with Gasteiger partial charge in [-0.1, -0.05) is 53.5 Å². The molecule has 2 fully saturated rings. The van der Waals surface area contributed by atoms with E-state index in [1.165, 1.54) is 5.56 Å². The van der Waals surface area contributed by atoms with Crippen LogP contribution in [0.1, 0.15) is 43.7 Å². The number of hydrogen-bond acceptors (Lipinski definition) is 7. The minimum Gasteiger partial charge on any atom is -0.496 e. The van der Waals surface area contributed by atoms with Crippen molar-refractivity contribution in [1.29, 1.82) is 0 Å². The van der Waals surface area contributed by atoms with Crippen LogP contribution in [0.25, 0.3) is 44.7 Å². The van der Waals surface area contributed by atoms with Crippen LogP contribution in [0.15, 0.2) is 67.0 Å². The van der Waals surface area contributed by atoms with Gasteiger partial charge >= 0.3 is 0 Å². The molecule has 0 atom stereocenters. The molecule has 11 heteroatoms. The molecule has 2 aromatic carbocycles. The fourth-order valence-corrected chi connectivity index (χ4v) is 7.91. The summed E-state index contributed by atoms with van der Waals surface area (Å²) in [7, 11) is 3.71. The highest BCUT2D eigenvalue weighted by Gasteiger charge is 2.22. The third-order valence-corrected chi connectivity index (χ3v) is 11.0. The largest absolute Gasteiger partial charge is 0.496 e. The number of likely N-dealkylation sites (tertiary alicyclic amines) is 1. The Morgan fingerprint density at radius 3 is 2.35 bits per heavy atom. The zero-order chi connectivity index (χ0) is 35.5. The average molecular weight is 728 g/mol. The topological polar surface area (TPSA) is 93.5 Å². The Balaban J connectivity index is 1.11. The number of amides is 1. The molecule has 0 aliphatic carbocycles. The van der Waals surface area contributed by atoms with Crippen molar-refractivity contribution in [1.82, 2.24) is 30.1 Å². The molecule has 2 aliphatic heterocycles. The van der Waals surface area contributed by atoms with Crippen LogP contribution < -0.4 is 15.4 Å². The van der Waals surface area contributed by atoms with Crippen molar-refractivity contribution >= 4 is 40.1 Å². The molecule has 5 aromatic rings. The monoisotopic (exact) mass is 726 g/mol. The molecule has 1 amide bonds. The predicted molar refractivity (Wildman–Crippen MR) is 204 cm³/mol. The summed E-state index contributed by atoms with van der Waals surface area (Å²) in [5.74, 6) is 0.900. The number of halogens is 2. The molecule has 2 aliphatic rings. The van der Waals surface area contributed by atoms with E-state index in [4.69, 9.17) is 37.7 Å². The van der Waals surface area contributed by atoms with Crippen LogP contribution >= 0.6 is 23.2 Å². The third kappa shape index (κ3) is 7.64. The molecule has 2 saturated heterocycles. The van der Waals surface area contributed by atoms with E-state index in [0.717, 1.165) is 109 Å². The SMILES string of the molecule is COc1cc(-c2nccc(-c3cccc(-c4ccc5c(CNC6CCOCC6)cn(C)c5n4)c3Cl)c2Cl)ccc1CNC1CCN(C(C)=O)CC1. The molecule has 5 heterocycles. The summed E-state index contributed by atoms with van der Waals surface area (Å²) in [5.41, 5.74) is 7.90. The van der Waals surface area contributed by atoms with Crippen molar-refractivity contribution in [2.24, 2.45) is 7.05 Å². The van der Waals surface area contributed by atoms with Gasteiger partial charge in [-0.3, -0.25) is 9.78 Å². The summed E-state index contributed by atoms with van der Waals surface area (Å²) in [4.78, 5) is 23.4. The van der Waals surface area contributed by atoms with E-state index in [1.54, 1.807) is 20.2 Å². The first-order chi connectivity index (χ1) is 24.8. The highest BCUT2D eigenvalue weighted by atomic mass is 35.5. The standard InChI is InChI=1S/C40H44Cl2N6O3/c1-25(49)48-17-12-29(13-18-48)44-22-27-8-7-26(21-36(27)50-3)39-38(42)33(11-16-43-39)32-5-4-6-34(37(32)41)35-10-9-31-28(24-47(2)40(31)46-35)23-45-30-14-19-51-20-15-30/h4-11,16,21,24,29-30,44-45H,12-15,17-20,22-23H2,1-3H3. The van der Waals surface area contributed by atoms with Crippen molar-refractivity contribution in [2.45, 2.75) is 57.8 Å². The number of rotatable bonds is 10. The highest BCUT2D eigenvalue weighted by molar-refractivity contribution is 6.39. The molecule has 0 spiro atoms. The second kappa shape index (κ2) is 15.7. The minimum atomic E-state index is 0.141. The smallest absolute Gasteiger partial charge is 0.219 e. The maximum atomic E-state index is 11.7. The Hall–Kier alpha value is -3.99.